The van der Waals surface area contributed by atoms with E-state index >= 15 is 0 Å². The van der Waals surface area contributed by atoms with Crippen LogP contribution in [0.3, 0.4) is 0 Å². The highest BCUT2D eigenvalue weighted by Crippen LogP contribution is 2.39. The molecule has 8 nitrogen and oxygen atoms in total. The van der Waals surface area contributed by atoms with Gasteiger partial charge >= 0.3 is 0 Å². The fraction of sp³-hybridized carbons (Fsp3) is 0.417. The van der Waals surface area contributed by atoms with Crippen molar-refractivity contribution in [1.82, 2.24) is 4.31 Å². The highest BCUT2D eigenvalue weighted by atomic mass is 32.2. The van der Waals surface area contributed by atoms with Crippen LogP contribution in [0.4, 0.5) is 11.4 Å². The third-order valence-electron chi connectivity index (χ3n) is 6.13. The summed E-state index contributed by atoms with van der Waals surface area (Å²) in [5.41, 5.74) is 3.04. The van der Waals surface area contributed by atoms with Crippen molar-refractivity contribution in [2.45, 2.75) is 44.0 Å². The minimum atomic E-state index is -3.89. The SMILES string of the molecule is COc1ccc(C)cc1NC(=O)CN(C)S(=O)(=O)c1ccc2c(c1)C[C@H](C)N2C(=O)C1CC1. The molecular formula is C24H29N3O5S. The largest absolute Gasteiger partial charge is 0.495 e. The smallest absolute Gasteiger partial charge is 0.243 e. The van der Waals surface area contributed by atoms with Crippen LogP contribution in [0.5, 0.6) is 5.75 Å². The van der Waals surface area contributed by atoms with Gasteiger partial charge in [0.1, 0.15) is 5.75 Å². The Bertz CT molecular complexity index is 1210. The van der Waals surface area contributed by atoms with Crippen LogP contribution in [-0.2, 0) is 26.0 Å². The molecule has 4 rings (SSSR count). The number of ether oxygens (including phenoxy) is 1. The van der Waals surface area contributed by atoms with E-state index in [0.29, 0.717) is 17.9 Å². The maximum Gasteiger partial charge on any atom is 0.243 e. The number of amides is 2. The van der Waals surface area contributed by atoms with Crippen LogP contribution in [0.25, 0.3) is 0 Å². The summed E-state index contributed by atoms with van der Waals surface area (Å²) in [6, 6.07) is 10.2. The van der Waals surface area contributed by atoms with Crippen LogP contribution in [-0.4, -0.2) is 51.3 Å². The Hall–Kier alpha value is -2.91. The number of hydrogen-bond acceptors (Lipinski definition) is 5. The van der Waals surface area contributed by atoms with Crippen molar-refractivity contribution in [2.24, 2.45) is 5.92 Å². The van der Waals surface area contributed by atoms with Gasteiger partial charge in [0.05, 0.1) is 24.2 Å². The Kier molecular flexibility index (Phi) is 6.20. The molecule has 2 amide bonds. The number of carbonyl (C=O) groups excluding carboxylic acids is 2. The van der Waals surface area contributed by atoms with Gasteiger partial charge in [0.2, 0.25) is 21.8 Å². The average Bonchev–Trinajstić information content (AvgIpc) is 3.55. The summed E-state index contributed by atoms with van der Waals surface area (Å²) in [6.45, 7) is 3.52. The molecule has 1 N–H and O–H groups in total. The van der Waals surface area contributed by atoms with Gasteiger partial charge in [-0.15, -0.1) is 0 Å². The molecule has 176 valence electrons. The molecule has 2 aromatic carbocycles. The van der Waals surface area contributed by atoms with E-state index in [1.54, 1.807) is 29.2 Å². The van der Waals surface area contributed by atoms with E-state index in [9.17, 15) is 18.0 Å². The first-order chi connectivity index (χ1) is 15.6. The standard InChI is InChI=1S/C24H29N3O5S/c1-15-5-10-22(32-4)20(11-15)25-23(28)14-26(3)33(30,31)19-8-9-21-18(13-19)12-16(2)27(21)24(29)17-6-7-17/h5,8-11,13,16-17H,6-7,12,14H2,1-4H3,(H,25,28)/t16-/m0/s1. The minimum Gasteiger partial charge on any atom is -0.495 e. The van der Waals surface area contributed by atoms with Gasteiger partial charge in [-0.25, -0.2) is 8.42 Å². The van der Waals surface area contributed by atoms with E-state index in [-0.39, 0.29) is 29.3 Å². The van der Waals surface area contributed by atoms with Gasteiger partial charge in [0.15, 0.2) is 0 Å². The van der Waals surface area contributed by atoms with Gasteiger partial charge in [-0.1, -0.05) is 6.07 Å². The predicted molar refractivity (Wildman–Crippen MR) is 126 cm³/mol. The Labute approximate surface area is 194 Å². The molecular weight excluding hydrogens is 442 g/mol. The zero-order valence-electron chi connectivity index (χ0n) is 19.3. The molecule has 0 bridgehead atoms. The van der Waals surface area contributed by atoms with Gasteiger partial charge in [-0.3, -0.25) is 9.59 Å². The quantitative estimate of drug-likeness (QED) is 0.670. The summed E-state index contributed by atoms with van der Waals surface area (Å²) in [5, 5.41) is 2.72. The zero-order valence-corrected chi connectivity index (χ0v) is 20.1. The molecule has 0 spiro atoms. The maximum absolute atomic E-state index is 13.2. The van der Waals surface area contributed by atoms with Crippen LogP contribution in [0.15, 0.2) is 41.3 Å². The van der Waals surface area contributed by atoms with Crippen molar-refractivity contribution in [3.8, 4) is 5.75 Å². The lowest BCUT2D eigenvalue weighted by Gasteiger charge is -2.23. The number of hydrogen-bond donors (Lipinski definition) is 1. The van der Waals surface area contributed by atoms with E-state index in [1.807, 2.05) is 19.9 Å². The fourth-order valence-electron chi connectivity index (χ4n) is 4.21. The molecule has 9 heteroatoms. The Morgan fingerprint density at radius 3 is 2.58 bits per heavy atom. The predicted octanol–water partition coefficient (Wildman–Crippen LogP) is 2.95. The summed E-state index contributed by atoms with van der Waals surface area (Å²) in [4.78, 5) is 27.1. The number of carbonyl (C=O) groups is 2. The molecule has 0 radical (unpaired) electrons. The second-order valence-corrected chi connectivity index (χ2v) is 10.9. The van der Waals surface area contributed by atoms with E-state index < -0.39 is 15.9 Å². The van der Waals surface area contributed by atoms with Crippen molar-refractivity contribution in [1.29, 1.82) is 0 Å². The topological polar surface area (TPSA) is 96.0 Å². The highest BCUT2D eigenvalue weighted by molar-refractivity contribution is 7.89. The number of aryl methyl sites for hydroxylation is 1. The molecule has 1 atom stereocenters. The summed E-state index contributed by atoms with van der Waals surface area (Å²) >= 11 is 0. The molecule has 33 heavy (non-hydrogen) atoms. The van der Waals surface area contributed by atoms with Crippen molar-refractivity contribution in [3.05, 3.63) is 47.5 Å². The summed E-state index contributed by atoms with van der Waals surface area (Å²) in [7, 11) is -1.01. The maximum atomic E-state index is 13.2. The number of rotatable bonds is 7. The zero-order chi connectivity index (χ0) is 23.9. The molecule has 1 aliphatic heterocycles. The second kappa shape index (κ2) is 8.79. The lowest BCUT2D eigenvalue weighted by atomic mass is 10.1. The van der Waals surface area contributed by atoms with Crippen molar-refractivity contribution >= 4 is 33.2 Å². The molecule has 1 fully saturated rings. The van der Waals surface area contributed by atoms with Crippen molar-refractivity contribution in [2.75, 3.05) is 30.9 Å². The van der Waals surface area contributed by atoms with Crippen LogP contribution in [0, 0.1) is 12.8 Å². The monoisotopic (exact) mass is 471 g/mol. The number of sulfonamides is 1. The third kappa shape index (κ3) is 4.60. The lowest BCUT2D eigenvalue weighted by molar-refractivity contribution is -0.120. The summed E-state index contributed by atoms with van der Waals surface area (Å²) in [5.74, 6) is 0.245. The number of nitrogens with one attached hydrogen (secondary N) is 1. The van der Waals surface area contributed by atoms with Gasteiger partial charge in [-0.05, 0) is 74.6 Å². The number of anilines is 2. The first kappa shape index (κ1) is 23.3. The number of methoxy groups -OCH3 is 1. The average molecular weight is 472 g/mol. The molecule has 0 aromatic heterocycles. The van der Waals surface area contributed by atoms with E-state index in [0.717, 1.165) is 34.0 Å². The Morgan fingerprint density at radius 1 is 1.18 bits per heavy atom. The molecule has 2 aliphatic rings. The van der Waals surface area contributed by atoms with Crippen molar-refractivity contribution < 1.29 is 22.7 Å². The van der Waals surface area contributed by atoms with Gasteiger partial charge < -0.3 is 15.0 Å². The number of likely N-dealkylation sites (N-methyl/N-ethyl adjacent to an activating group) is 1. The van der Waals surface area contributed by atoms with Gasteiger partial charge in [0, 0.05) is 24.7 Å². The number of nitrogens with zero attached hydrogens (tertiary/aromatic N) is 2. The molecule has 1 saturated carbocycles. The summed E-state index contributed by atoms with van der Waals surface area (Å²) < 4.78 is 32.6. The second-order valence-electron chi connectivity index (χ2n) is 8.84. The van der Waals surface area contributed by atoms with Gasteiger partial charge in [-0.2, -0.15) is 4.31 Å². The molecule has 0 saturated heterocycles. The number of fused-ring (bicyclic) bond motifs is 1. The molecule has 1 heterocycles. The van der Waals surface area contributed by atoms with Crippen LogP contribution in [0.1, 0.15) is 30.9 Å². The van der Waals surface area contributed by atoms with Crippen LogP contribution < -0.4 is 15.0 Å². The fourth-order valence-corrected chi connectivity index (χ4v) is 5.39. The highest BCUT2D eigenvalue weighted by Gasteiger charge is 2.40. The van der Waals surface area contributed by atoms with E-state index in [2.05, 4.69) is 5.32 Å². The molecule has 1 aliphatic carbocycles. The minimum absolute atomic E-state index is 0.00105. The lowest BCUT2D eigenvalue weighted by Crippen LogP contribution is -2.36. The van der Waals surface area contributed by atoms with Crippen molar-refractivity contribution in [3.63, 3.8) is 0 Å². The third-order valence-corrected chi connectivity index (χ3v) is 7.93. The van der Waals surface area contributed by atoms with E-state index in [1.165, 1.54) is 20.2 Å². The first-order valence-corrected chi connectivity index (χ1v) is 12.4. The number of benzene rings is 2. The normalized spacial score (nSPS) is 17.7. The Morgan fingerprint density at radius 2 is 1.91 bits per heavy atom. The van der Waals surface area contributed by atoms with E-state index in [4.69, 9.17) is 4.74 Å². The van der Waals surface area contributed by atoms with Crippen LogP contribution in [0.2, 0.25) is 0 Å². The summed E-state index contributed by atoms with van der Waals surface area (Å²) in [6.07, 6.45) is 2.45. The molecule has 2 aromatic rings. The Balaban J connectivity index is 1.49. The van der Waals surface area contributed by atoms with Crippen LogP contribution >= 0.6 is 0 Å². The van der Waals surface area contributed by atoms with Gasteiger partial charge in [0.25, 0.3) is 0 Å². The first-order valence-electron chi connectivity index (χ1n) is 11.0. The molecule has 0 unspecified atom stereocenters.